The van der Waals surface area contributed by atoms with Gasteiger partial charge in [-0.2, -0.15) is 0 Å². The first-order chi connectivity index (χ1) is 10.1. The molecule has 1 aromatic carbocycles. The molecule has 0 spiro atoms. The third-order valence-electron chi connectivity index (χ3n) is 3.61. The Bertz CT molecular complexity index is 629. The van der Waals surface area contributed by atoms with Crippen LogP contribution in [0.5, 0.6) is 11.5 Å². The molecule has 0 aliphatic heterocycles. The highest BCUT2D eigenvalue weighted by Crippen LogP contribution is 2.33. The molecule has 3 N–H and O–H groups in total. The van der Waals surface area contributed by atoms with Crippen LogP contribution >= 0.6 is 0 Å². The molecule has 0 bridgehead atoms. The van der Waals surface area contributed by atoms with Crippen LogP contribution in [0.25, 0.3) is 0 Å². The maximum Gasteiger partial charge on any atom is 0.142 e. The third-order valence-corrected chi connectivity index (χ3v) is 3.61. The number of pyridine rings is 1. The van der Waals surface area contributed by atoms with E-state index in [1.807, 2.05) is 26.0 Å². The van der Waals surface area contributed by atoms with Gasteiger partial charge in [0, 0.05) is 11.8 Å². The van der Waals surface area contributed by atoms with Gasteiger partial charge in [-0.1, -0.05) is 6.07 Å². The number of nitrogens with one attached hydrogen (secondary N) is 1. The molecule has 0 aliphatic carbocycles. The van der Waals surface area contributed by atoms with Gasteiger partial charge in [0.05, 0.1) is 26.5 Å². The fourth-order valence-corrected chi connectivity index (χ4v) is 2.49. The summed E-state index contributed by atoms with van der Waals surface area (Å²) in [6.45, 7) is 4.05. The summed E-state index contributed by atoms with van der Waals surface area (Å²) in [7, 11) is 3.30. The van der Waals surface area contributed by atoms with E-state index in [4.69, 9.17) is 15.3 Å². The number of ether oxygens (including phenoxy) is 2. The summed E-state index contributed by atoms with van der Waals surface area (Å²) < 4.78 is 10.7. The number of hydrogen-bond donors (Lipinski definition) is 2. The van der Waals surface area contributed by atoms with Crippen LogP contribution in [0.4, 0.5) is 0 Å². The number of nitrogens with two attached hydrogens (primary N) is 1. The van der Waals surface area contributed by atoms with Crippen molar-refractivity contribution in [2.75, 3.05) is 14.2 Å². The summed E-state index contributed by atoms with van der Waals surface area (Å²) in [6.07, 6.45) is 3.42. The molecule has 5 nitrogen and oxygen atoms in total. The number of hydrazine groups is 1. The molecule has 1 aromatic heterocycles. The molecular weight excluding hydrogens is 266 g/mol. The SMILES string of the molecule is COc1cc(C)c(C(NN)c2ccncc2OC)cc1C. The summed E-state index contributed by atoms with van der Waals surface area (Å²) in [5.74, 6) is 7.36. The molecular formula is C16H21N3O2. The van der Waals surface area contributed by atoms with Crippen molar-refractivity contribution in [3.05, 3.63) is 52.8 Å². The van der Waals surface area contributed by atoms with Crippen molar-refractivity contribution >= 4 is 0 Å². The number of nitrogens with zero attached hydrogens (tertiary/aromatic N) is 1. The third kappa shape index (κ3) is 2.99. The van der Waals surface area contributed by atoms with Gasteiger partial charge in [0.15, 0.2) is 0 Å². The van der Waals surface area contributed by atoms with E-state index in [1.165, 1.54) is 0 Å². The van der Waals surface area contributed by atoms with Gasteiger partial charge in [-0.05, 0) is 42.7 Å². The normalized spacial score (nSPS) is 12.0. The molecule has 112 valence electrons. The lowest BCUT2D eigenvalue weighted by Crippen LogP contribution is -2.29. The van der Waals surface area contributed by atoms with E-state index >= 15 is 0 Å². The predicted molar refractivity (Wildman–Crippen MR) is 82.4 cm³/mol. The molecule has 1 heterocycles. The minimum Gasteiger partial charge on any atom is -0.496 e. The Hall–Kier alpha value is -2.11. The fourth-order valence-electron chi connectivity index (χ4n) is 2.49. The standard InChI is InChI=1S/C16H21N3O2/c1-10-8-14(20-3)11(2)7-13(10)16(19-17)12-5-6-18-9-15(12)21-4/h5-9,16,19H,17H2,1-4H3. The highest BCUT2D eigenvalue weighted by atomic mass is 16.5. The van der Waals surface area contributed by atoms with Gasteiger partial charge in [0.1, 0.15) is 11.5 Å². The monoisotopic (exact) mass is 287 g/mol. The first-order valence-electron chi connectivity index (χ1n) is 6.71. The Morgan fingerprint density at radius 3 is 2.38 bits per heavy atom. The van der Waals surface area contributed by atoms with Gasteiger partial charge < -0.3 is 9.47 Å². The molecule has 1 unspecified atom stereocenters. The maximum absolute atomic E-state index is 5.79. The molecule has 21 heavy (non-hydrogen) atoms. The zero-order chi connectivity index (χ0) is 15.4. The van der Waals surface area contributed by atoms with Crippen molar-refractivity contribution < 1.29 is 9.47 Å². The molecule has 2 aromatic rings. The van der Waals surface area contributed by atoms with Crippen LogP contribution in [0.2, 0.25) is 0 Å². The van der Waals surface area contributed by atoms with E-state index in [0.717, 1.165) is 28.0 Å². The number of methoxy groups -OCH3 is 2. The van der Waals surface area contributed by atoms with Crippen molar-refractivity contribution in [1.82, 2.24) is 10.4 Å². The Morgan fingerprint density at radius 1 is 1.05 bits per heavy atom. The summed E-state index contributed by atoms with van der Waals surface area (Å²) in [5.41, 5.74) is 7.05. The fraction of sp³-hybridized carbons (Fsp3) is 0.312. The molecule has 0 saturated carbocycles. The Morgan fingerprint density at radius 2 is 1.76 bits per heavy atom. The molecule has 5 heteroatoms. The van der Waals surface area contributed by atoms with Gasteiger partial charge in [-0.25, -0.2) is 5.43 Å². The zero-order valence-corrected chi connectivity index (χ0v) is 12.8. The first-order valence-corrected chi connectivity index (χ1v) is 6.71. The minimum absolute atomic E-state index is 0.174. The van der Waals surface area contributed by atoms with E-state index in [1.54, 1.807) is 26.6 Å². The molecule has 1 atom stereocenters. The molecule has 2 rings (SSSR count). The second-order valence-corrected chi connectivity index (χ2v) is 4.90. The largest absolute Gasteiger partial charge is 0.496 e. The molecule has 0 amide bonds. The number of aryl methyl sites for hydroxylation is 2. The molecule has 0 saturated heterocycles. The molecule has 0 radical (unpaired) electrons. The van der Waals surface area contributed by atoms with Crippen LogP contribution in [0.3, 0.4) is 0 Å². The summed E-state index contributed by atoms with van der Waals surface area (Å²) in [5, 5.41) is 0. The quantitative estimate of drug-likeness (QED) is 0.652. The average molecular weight is 287 g/mol. The van der Waals surface area contributed by atoms with Crippen LogP contribution in [0, 0.1) is 13.8 Å². The van der Waals surface area contributed by atoms with Crippen molar-refractivity contribution in [1.29, 1.82) is 0 Å². The van der Waals surface area contributed by atoms with E-state index in [0.29, 0.717) is 5.75 Å². The van der Waals surface area contributed by atoms with E-state index < -0.39 is 0 Å². The second-order valence-electron chi connectivity index (χ2n) is 4.90. The van der Waals surface area contributed by atoms with Crippen LogP contribution < -0.4 is 20.7 Å². The highest BCUT2D eigenvalue weighted by molar-refractivity contribution is 5.47. The van der Waals surface area contributed by atoms with E-state index in [-0.39, 0.29) is 6.04 Å². The van der Waals surface area contributed by atoms with Crippen LogP contribution in [0.1, 0.15) is 28.3 Å². The highest BCUT2D eigenvalue weighted by Gasteiger charge is 2.20. The molecule has 0 fully saturated rings. The van der Waals surface area contributed by atoms with Crippen LogP contribution in [0.15, 0.2) is 30.6 Å². The lowest BCUT2D eigenvalue weighted by atomic mass is 9.93. The lowest BCUT2D eigenvalue weighted by Gasteiger charge is -2.22. The Balaban J connectivity index is 2.54. The van der Waals surface area contributed by atoms with Gasteiger partial charge in [0.25, 0.3) is 0 Å². The van der Waals surface area contributed by atoms with Crippen molar-refractivity contribution in [2.24, 2.45) is 5.84 Å². The summed E-state index contributed by atoms with van der Waals surface area (Å²) in [4.78, 5) is 4.08. The number of aromatic nitrogens is 1. The van der Waals surface area contributed by atoms with Crippen molar-refractivity contribution in [2.45, 2.75) is 19.9 Å². The Kier molecular flexibility index (Phi) is 4.77. The van der Waals surface area contributed by atoms with Crippen LogP contribution in [-0.2, 0) is 0 Å². The second kappa shape index (κ2) is 6.56. The lowest BCUT2D eigenvalue weighted by molar-refractivity contribution is 0.401. The predicted octanol–water partition coefficient (Wildman–Crippen LogP) is 2.27. The van der Waals surface area contributed by atoms with Crippen molar-refractivity contribution in [3.8, 4) is 11.5 Å². The first kappa shape index (κ1) is 15.3. The van der Waals surface area contributed by atoms with Gasteiger partial charge >= 0.3 is 0 Å². The Labute approximate surface area is 125 Å². The molecule has 0 aliphatic rings. The van der Waals surface area contributed by atoms with Crippen LogP contribution in [-0.4, -0.2) is 19.2 Å². The minimum atomic E-state index is -0.174. The number of rotatable bonds is 5. The van der Waals surface area contributed by atoms with Gasteiger partial charge in [0.2, 0.25) is 0 Å². The summed E-state index contributed by atoms with van der Waals surface area (Å²) in [6, 6.07) is 5.83. The average Bonchev–Trinajstić information content (AvgIpc) is 2.51. The van der Waals surface area contributed by atoms with Gasteiger partial charge in [-0.15, -0.1) is 0 Å². The summed E-state index contributed by atoms with van der Waals surface area (Å²) >= 11 is 0. The topological polar surface area (TPSA) is 69.4 Å². The van der Waals surface area contributed by atoms with Crippen molar-refractivity contribution in [3.63, 3.8) is 0 Å². The number of benzene rings is 1. The zero-order valence-electron chi connectivity index (χ0n) is 12.8. The van der Waals surface area contributed by atoms with Gasteiger partial charge in [-0.3, -0.25) is 10.8 Å². The van der Waals surface area contributed by atoms with E-state index in [2.05, 4.69) is 16.5 Å². The van der Waals surface area contributed by atoms with E-state index in [9.17, 15) is 0 Å². The smallest absolute Gasteiger partial charge is 0.142 e. The maximum atomic E-state index is 5.79. The number of hydrogen-bond acceptors (Lipinski definition) is 5.